The Morgan fingerprint density at radius 2 is 1.82 bits per heavy atom. The topological polar surface area (TPSA) is 75.4 Å². The van der Waals surface area contributed by atoms with Crippen LogP contribution in [0.25, 0.3) is 0 Å². The van der Waals surface area contributed by atoms with Crippen LogP contribution in [0.1, 0.15) is 40.0 Å². The summed E-state index contributed by atoms with van der Waals surface area (Å²) in [6, 6.07) is -0.163. The second kappa shape index (κ2) is 8.98. The largest absolute Gasteiger partial charge is 0.370 e. The van der Waals surface area contributed by atoms with Gasteiger partial charge in [0.25, 0.3) is 0 Å². The van der Waals surface area contributed by atoms with Crippen LogP contribution >= 0.6 is 0 Å². The van der Waals surface area contributed by atoms with E-state index < -0.39 is 0 Å². The summed E-state index contributed by atoms with van der Waals surface area (Å²) < 4.78 is 0. The summed E-state index contributed by atoms with van der Waals surface area (Å²) in [6.07, 6.45) is 2.05. The van der Waals surface area contributed by atoms with E-state index in [4.69, 9.17) is 5.73 Å². The van der Waals surface area contributed by atoms with Gasteiger partial charge in [-0.3, -0.25) is 9.59 Å². The van der Waals surface area contributed by atoms with Gasteiger partial charge in [0.1, 0.15) is 0 Å². The summed E-state index contributed by atoms with van der Waals surface area (Å²) in [6.45, 7) is 8.03. The fraction of sp³-hybridized carbons (Fsp3) is 0.833. The maximum atomic E-state index is 11.9. The molecule has 0 bridgehead atoms. The minimum Gasteiger partial charge on any atom is -0.370 e. The normalized spacial score (nSPS) is 12.2. The zero-order valence-electron chi connectivity index (χ0n) is 11.2. The zero-order valence-corrected chi connectivity index (χ0v) is 11.2. The van der Waals surface area contributed by atoms with Crippen LogP contribution in [0.4, 0.5) is 0 Å². The molecule has 0 aromatic heterocycles. The second-order valence-electron chi connectivity index (χ2n) is 4.11. The minimum atomic E-state index is -0.266. The lowest BCUT2D eigenvalue weighted by molar-refractivity contribution is -0.132. The third kappa shape index (κ3) is 6.94. The number of rotatable bonds is 9. The van der Waals surface area contributed by atoms with Gasteiger partial charge in [-0.1, -0.05) is 0 Å². The highest BCUT2D eigenvalue weighted by atomic mass is 16.2. The molecular weight excluding hydrogens is 218 g/mol. The molecule has 5 nitrogen and oxygen atoms in total. The third-order valence-electron chi connectivity index (χ3n) is 2.75. The molecule has 1 atom stereocenters. The Balaban J connectivity index is 3.74. The molecule has 1 unspecified atom stereocenters. The highest BCUT2D eigenvalue weighted by molar-refractivity contribution is 5.81. The molecule has 0 saturated heterocycles. The molecule has 0 rings (SSSR count). The van der Waals surface area contributed by atoms with Gasteiger partial charge in [0.2, 0.25) is 11.8 Å². The van der Waals surface area contributed by atoms with Crippen molar-refractivity contribution in [1.29, 1.82) is 0 Å². The van der Waals surface area contributed by atoms with Crippen LogP contribution in [0.3, 0.4) is 0 Å². The molecule has 0 fully saturated rings. The predicted molar refractivity (Wildman–Crippen MR) is 68.4 cm³/mol. The Morgan fingerprint density at radius 3 is 2.29 bits per heavy atom. The van der Waals surface area contributed by atoms with E-state index in [2.05, 4.69) is 5.32 Å². The molecule has 0 aliphatic carbocycles. The molecule has 17 heavy (non-hydrogen) atoms. The number of nitrogens with zero attached hydrogens (tertiary/aromatic N) is 1. The average molecular weight is 243 g/mol. The van der Waals surface area contributed by atoms with Crippen molar-refractivity contribution < 1.29 is 9.59 Å². The van der Waals surface area contributed by atoms with Crippen LogP contribution in [0.15, 0.2) is 0 Å². The van der Waals surface area contributed by atoms with E-state index in [1.165, 1.54) is 0 Å². The van der Waals surface area contributed by atoms with Crippen molar-refractivity contribution in [1.82, 2.24) is 10.2 Å². The number of unbranched alkanes of at least 4 members (excludes halogenated alkanes) is 1. The number of nitrogens with one attached hydrogen (secondary N) is 1. The summed E-state index contributed by atoms with van der Waals surface area (Å²) in [4.78, 5) is 24.2. The first-order chi connectivity index (χ1) is 8.02. The van der Waals surface area contributed by atoms with Gasteiger partial charge in [-0.2, -0.15) is 0 Å². The lowest BCUT2D eigenvalue weighted by Gasteiger charge is -2.23. The number of nitrogens with two attached hydrogens (primary N) is 1. The van der Waals surface area contributed by atoms with E-state index in [0.29, 0.717) is 6.42 Å². The van der Waals surface area contributed by atoms with Gasteiger partial charge >= 0.3 is 0 Å². The van der Waals surface area contributed by atoms with Crippen molar-refractivity contribution in [3.8, 4) is 0 Å². The average Bonchev–Trinajstić information content (AvgIpc) is 2.29. The molecule has 0 spiro atoms. The van der Waals surface area contributed by atoms with Crippen molar-refractivity contribution >= 4 is 11.8 Å². The van der Waals surface area contributed by atoms with Gasteiger partial charge < -0.3 is 16.0 Å². The lowest BCUT2D eigenvalue weighted by Crippen LogP contribution is -2.45. The van der Waals surface area contributed by atoms with Crippen LogP contribution in [0.5, 0.6) is 0 Å². The molecule has 0 saturated carbocycles. The number of likely N-dealkylation sites (N-methyl/N-ethyl adjacent to an activating group) is 1. The van der Waals surface area contributed by atoms with Crippen LogP contribution in [0.2, 0.25) is 0 Å². The summed E-state index contributed by atoms with van der Waals surface area (Å²) in [5.74, 6) is -0.137. The first-order valence-electron chi connectivity index (χ1n) is 6.33. The molecule has 0 aromatic rings. The van der Waals surface area contributed by atoms with Crippen LogP contribution in [0, 0.1) is 0 Å². The molecule has 2 amide bonds. The van der Waals surface area contributed by atoms with Gasteiger partial charge in [0.15, 0.2) is 0 Å². The minimum absolute atomic E-state index is 0.130. The number of carbonyl (C=O) groups is 2. The second-order valence-corrected chi connectivity index (χ2v) is 4.11. The third-order valence-corrected chi connectivity index (χ3v) is 2.75. The Labute approximate surface area is 104 Å². The van der Waals surface area contributed by atoms with Crippen LogP contribution in [-0.4, -0.2) is 42.4 Å². The maximum Gasteiger partial charge on any atom is 0.239 e. The van der Waals surface area contributed by atoms with Crippen LogP contribution in [-0.2, 0) is 9.59 Å². The first kappa shape index (κ1) is 15.9. The molecule has 0 aliphatic rings. The van der Waals surface area contributed by atoms with Gasteiger partial charge in [0, 0.05) is 19.5 Å². The van der Waals surface area contributed by atoms with E-state index >= 15 is 0 Å². The van der Waals surface area contributed by atoms with Gasteiger partial charge in [-0.15, -0.1) is 0 Å². The summed E-state index contributed by atoms with van der Waals surface area (Å²) in [5, 5.41) is 3.16. The number of carbonyl (C=O) groups excluding carboxylic acids is 2. The standard InChI is InChI=1S/C12H25N3O2/c1-4-15(5-2)12(17)10(3)14-9-7-6-8-11(13)16/h10,14H,4-9H2,1-3H3,(H2,13,16). The van der Waals surface area contributed by atoms with E-state index in [0.717, 1.165) is 32.5 Å². The lowest BCUT2D eigenvalue weighted by atomic mass is 10.2. The number of amides is 2. The Kier molecular flexibility index (Phi) is 8.40. The van der Waals surface area contributed by atoms with Crippen LogP contribution < -0.4 is 11.1 Å². The fourth-order valence-electron chi connectivity index (χ4n) is 1.64. The van der Waals surface area contributed by atoms with Crippen molar-refractivity contribution in [3.05, 3.63) is 0 Å². The van der Waals surface area contributed by atoms with Gasteiger partial charge in [-0.25, -0.2) is 0 Å². The van der Waals surface area contributed by atoms with Crippen molar-refractivity contribution in [2.24, 2.45) is 5.73 Å². The fourth-order valence-corrected chi connectivity index (χ4v) is 1.64. The quantitative estimate of drug-likeness (QED) is 0.579. The summed E-state index contributed by atoms with van der Waals surface area (Å²) in [7, 11) is 0. The molecule has 3 N–H and O–H groups in total. The Bertz CT molecular complexity index is 240. The number of hydrogen-bond donors (Lipinski definition) is 2. The molecular formula is C12H25N3O2. The molecule has 0 heterocycles. The highest BCUT2D eigenvalue weighted by Crippen LogP contribution is 1.97. The van der Waals surface area contributed by atoms with E-state index in [1.807, 2.05) is 20.8 Å². The van der Waals surface area contributed by atoms with Crippen molar-refractivity contribution in [3.63, 3.8) is 0 Å². The number of primary amides is 1. The van der Waals surface area contributed by atoms with Gasteiger partial charge in [0.05, 0.1) is 6.04 Å². The number of hydrogen-bond acceptors (Lipinski definition) is 3. The SMILES string of the molecule is CCN(CC)C(=O)C(C)NCCCCC(N)=O. The first-order valence-corrected chi connectivity index (χ1v) is 6.33. The Morgan fingerprint density at radius 1 is 1.24 bits per heavy atom. The molecule has 0 radical (unpaired) electrons. The monoisotopic (exact) mass is 243 g/mol. The summed E-state index contributed by atoms with van der Waals surface area (Å²) in [5.41, 5.74) is 5.04. The Hall–Kier alpha value is -1.10. The molecule has 0 aromatic carbocycles. The maximum absolute atomic E-state index is 11.9. The zero-order chi connectivity index (χ0) is 13.3. The van der Waals surface area contributed by atoms with Crippen molar-refractivity contribution in [2.45, 2.75) is 46.1 Å². The molecule has 5 heteroatoms. The van der Waals surface area contributed by atoms with E-state index in [-0.39, 0.29) is 17.9 Å². The molecule has 100 valence electrons. The summed E-state index contributed by atoms with van der Waals surface area (Å²) >= 11 is 0. The highest BCUT2D eigenvalue weighted by Gasteiger charge is 2.16. The van der Waals surface area contributed by atoms with E-state index in [9.17, 15) is 9.59 Å². The smallest absolute Gasteiger partial charge is 0.239 e. The van der Waals surface area contributed by atoms with Crippen molar-refractivity contribution in [2.75, 3.05) is 19.6 Å². The van der Waals surface area contributed by atoms with E-state index in [1.54, 1.807) is 4.90 Å². The van der Waals surface area contributed by atoms with Gasteiger partial charge in [-0.05, 0) is 40.2 Å². The molecule has 0 aliphatic heterocycles. The predicted octanol–water partition coefficient (Wildman–Crippen LogP) is 0.489.